The molecular weight excluding hydrogens is 469 g/mol. The molecule has 1 aliphatic carbocycles. The van der Waals surface area contributed by atoms with E-state index in [1.165, 1.54) is 23.3 Å². The molecule has 1 N–H and O–H groups in total. The maximum absolute atomic E-state index is 12.8. The molecule has 0 saturated carbocycles. The van der Waals surface area contributed by atoms with Crippen molar-refractivity contribution in [3.63, 3.8) is 0 Å². The van der Waals surface area contributed by atoms with Crippen molar-refractivity contribution in [2.24, 2.45) is 0 Å². The molecule has 0 bridgehead atoms. The van der Waals surface area contributed by atoms with Crippen molar-refractivity contribution in [3.05, 3.63) is 44.2 Å². The van der Waals surface area contributed by atoms with Crippen molar-refractivity contribution in [3.8, 4) is 0 Å². The van der Waals surface area contributed by atoms with Gasteiger partial charge in [-0.15, -0.1) is 11.3 Å². The van der Waals surface area contributed by atoms with Gasteiger partial charge >= 0.3 is 5.97 Å². The van der Waals surface area contributed by atoms with Crippen LogP contribution in [0.15, 0.2) is 18.2 Å². The Kier molecular flexibility index (Phi) is 7.61. The Balaban J connectivity index is 1.37. The van der Waals surface area contributed by atoms with E-state index in [2.05, 4.69) is 15.1 Å². The summed E-state index contributed by atoms with van der Waals surface area (Å²) < 4.78 is 5.03. The molecule has 2 heterocycles. The Hall–Kier alpha value is -1.80. The second-order valence-electron chi connectivity index (χ2n) is 8.17. The first-order valence-corrected chi connectivity index (χ1v) is 12.5. The van der Waals surface area contributed by atoms with Gasteiger partial charge in [0.15, 0.2) is 0 Å². The van der Waals surface area contributed by atoms with Crippen molar-refractivity contribution < 1.29 is 14.3 Å². The van der Waals surface area contributed by atoms with Crippen molar-refractivity contribution in [2.75, 3.05) is 50.1 Å². The van der Waals surface area contributed by atoms with Gasteiger partial charge < -0.3 is 15.0 Å². The number of rotatable bonds is 5. The van der Waals surface area contributed by atoms with Gasteiger partial charge in [0.25, 0.3) is 0 Å². The molecule has 172 valence electrons. The number of benzene rings is 1. The van der Waals surface area contributed by atoms with E-state index >= 15 is 0 Å². The zero-order chi connectivity index (χ0) is 22.7. The number of hydrogen-bond acceptors (Lipinski definition) is 6. The summed E-state index contributed by atoms with van der Waals surface area (Å²) >= 11 is 13.7. The van der Waals surface area contributed by atoms with E-state index in [0.29, 0.717) is 27.2 Å². The predicted molar refractivity (Wildman–Crippen MR) is 131 cm³/mol. The number of nitrogens with zero attached hydrogens (tertiary/aromatic N) is 2. The zero-order valence-electron chi connectivity index (χ0n) is 18.1. The molecule has 1 aromatic heterocycles. The number of ether oxygens (including phenoxy) is 1. The highest BCUT2D eigenvalue weighted by molar-refractivity contribution is 7.17. The maximum atomic E-state index is 12.8. The smallest absolute Gasteiger partial charge is 0.341 e. The molecule has 1 fully saturated rings. The summed E-state index contributed by atoms with van der Waals surface area (Å²) in [6, 6.07) is 5.65. The summed E-state index contributed by atoms with van der Waals surface area (Å²) in [5.41, 5.74) is 2.64. The van der Waals surface area contributed by atoms with E-state index < -0.39 is 0 Å². The molecule has 4 rings (SSSR count). The van der Waals surface area contributed by atoms with Crippen molar-refractivity contribution >= 4 is 57.1 Å². The minimum Gasteiger partial charge on any atom is -0.465 e. The number of amides is 1. The van der Waals surface area contributed by atoms with Crippen LogP contribution in [0.4, 0.5) is 10.7 Å². The first-order chi connectivity index (χ1) is 15.5. The van der Waals surface area contributed by atoms with Gasteiger partial charge in [0, 0.05) is 36.7 Å². The molecule has 0 radical (unpaired) electrons. The first kappa shape index (κ1) is 23.4. The van der Waals surface area contributed by atoms with E-state index in [-0.39, 0.29) is 11.9 Å². The number of anilines is 2. The Morgan fingerprint density at radius 1 is 1.06 bits per heavy atom. The van der Waals surface area contributed by atoms with Gasteiger partial charge in [0.1, 0.15) is 5.00 Å². The number of nitrogens with one attached hydrogen (secondary N) is 1. The standard InChI is InChI=1S/C23H27Cl2N3O3S/c1-31-23(30)21-16-5-3-2-4-6-19(16)32-22(21)26-20(29)14-27-9-11-28(12-10-27)15-7-8-17(24)18(25)13-15/h7-8,13H,2-6,9-12,14H2,1H3,(H,26,29). The predicted octanol–water partition coefficient (Wildman–Crippen LogP) is 4.87. The van der Waals surface area contributed by atoms with Crippen molar-refractivity contribution in [1.29, 1.82) is 0 Å². The fourth-order valence-corrected chi connectivity index (χ4v) is 5.95. The SMILES string of the molecule is COC(=O)c1c(NC(=O)CN2CCN(c3ccc(Cl)c(Cl)c3)CC2)sc2c1CCCCC2. The Morgan fingerprint density at radius 2 is 1.81 bits per heavy atom. The van der Waals surface area contributed by atoms with Crippen LogP contribution in [-0.4, -0.2) is 56.6 Å². The van der Waals surface area contributed by atoms with Crippen LogP contribution in [-0.2, 0) is 22.4 Å². The Bertz CT molecular complexity index is 1000. The zero-order valence-corrected chi connectivity index (χ0v) is 20.4. The monoisotopic (exact) mass is 495 g/mol. The maximum Gasteiger partial charge on any atom is 0.341 e. The number of carbonyl (C=O) groups is 2. The van der Waals surface area contributed by atoms with Crippen LogP contribution < -0.4 is 10.2 Å². The third-order valence-corrected chi connectivity index (χ3v) is 8.02. The average molecular weight is 496 g/mol. The summed E-state index contributed by atoms with van der Waals surface area (Å²) in [5.74, 6) is -0.468. The second kappa shape index (κ2) is 10.4. The lowest BCUT2D eigenvalue weighted by Gasteiger charge is -2.35. The largest absolute Gasteiger partial charge is 0.465 e. The van der Waals surface area contributed by atoms with Crippen LogP contribution in [0.5, 0.6) is 0 Å². The van der Waals surface area contributed by atoms with E-state index in [9.17, 15) is 9.59 Å². The number of hydrogen-bond donors (Lipinski definition) is 1. The van der Waals surface area contributed by atoms with E-state index in [4.69, 9.17) is 27.9 Å². The quantitative estimate of drug-likeness (QED) is 0.473. The molecule has 1 saturated heterocycles. The number of halogens is 2. The number of methoxy groups -OCH3 is 1. The van der Waals surface area contributed by atoms with Gasteiger partial charge in [0.05, 0.1) is 29.3 Å². The highest BCUT2D eigenvalue weighted by Crippen LogP contribution is 2.38. The molecule has 2 aliphatic rings. The Morgan fingerprint density at radius 3 is 2.53 bits per heavy atom. The molecule has 0 atom stereocenters. The van der Waals surface area contributed by atoms with Crippen LogP contribution in [0.3, 0.4) is 0 Å². The third-order valence-electron chi connectivity index (χ3n) is 6.07. The van der Waals surface area contributed by atoms with Gasteiger partial charge in [-0.1, -0.05) is 29.6 Å². The molecular formula is C23H27Cl2N3O3S. The highest BCUT2D eigenvalue weighted by atomic mass is 35.5. The van der Waals surface area contributed by atoms with Crippen molar-refractivity contribution in [1.82, 2.24) is 4.90 Å². The summed E-state index contributed by atoms with van der Waals surface area (Å²) in [5, 5.41) is 4.71. The van der Waals surface area contributed by atoms with Gasteiger partial charge in [-0.25, -0.2) is 4.79 Å². The Labute approximate surface area is 202 Å². The van der Waals surface area contributed by atoms with Gasteiger partial charge in [0.2, 0.25) is 5.91 Å². The van der Waals surface area contributed by atoms with E-state index in [1.54, 1.807) is 6.07 Å². The van der Waals surface area contributed by atoms with Crippen LogP contribution in [0, 0.1) is 0 Å². The van der Waals surface area contributed by atoms with Crippen LogP contribution >= 0.6 is 34.5 Å². The molecule has 1 amide bonds. The topological polar surface area (TPSA) is 61.9 Å². The summed E-state index contributed by atoms with van der Waals surface area (Å²) in [6.45, 7) is 3.41. The van der Waals surface area contributed by atoms with Gasteiger partial charge in [-0.3, -0.25) is 9.69 Å². The molecule has 1 aromatic carbocycles. The minimum atomic E-state index is -0.366. The fraction of sp³-hybridized carbons (Fsp3) is 0.478. The average Bonchev–Trinajstić information content (AvgIpc) is 2.95. The number of thiophene rings is 1. The van der Waals surface area contributed by atoms with Gasteiger partial charge in [-0.2, -0.15) is 0 Å². The number of aryl methyl sites for hydroxylation is 1. The molecule has 9 heteroatoms. The number of fused-ring (bicyclic) bond motifs is 1. The summed E-state index contributed by atoms with van der Waals surface area (Å²) in [4.78, 5) is 30.8. The molecule has 32 heavy (non-hydrogen) atoms. The highest BCUT2D eigenvalue weighted by Gasteiger charge is 2.27. The molecule has 2 aromatic rings. The molecule has 1 aliphatic heterocycles. The lowest BCUT2D eigenvalue weighted by molar-refractivity contribution is -0.117. The van der Waals surface area contributed by atoms with Gasteiger partial charge in [-0.05, 0) is 49.4 Å². The minimum absolute atomic E-state index is 0.102. The van der Waals surface area contributed by atoms with Crippen molar-refractivity contribution in [2.45, 2.75) is 32.1 Å². The molecule has 6 nitrogen and oxygen atoms in total. The number of esters is 1. The molecule has 0 spiro atoms. The third kappa shape index (κ3) is 5.22. The molecule has 0 unspecified atom stereocenters. The normalized spacial score (nSPS) is 16.9. The second-order valence-corrected chi connectivity index (χ2v) is 10.1. The van der Waals surface area contributed by atoms with Crippen LogP contribution in [0.2, 0.25) is 10.0 Å². The summed E-state index contributed by atoms with van der Waals surface area (Å²) in [7, 11) is 1.39. The lowest BCUT2D eigenvalue weighted by atomic mass is 10.1. The van der Waals surface area contributed by atoms with E-state index in [0.717, 1.165) is 69.5 Å². The number of carbonyl (C=O) groups excluding carboxylic acids is 2. The van der Waals surface area contributed by atoms with Crippen LogP contribution in [0.1, 0.15) is 40.1 Å². The number of piperazine rings is 1. The summed E-state index contributed by atoms with van der Waals surface area (Å²) in [6.07, 6.45) is 5.16. The van der Waals surface area contributed by atoms with E-state index in [1.807, 2.05) is 12.1 Å². The first-order valence-electron chi connectivity index (χ1n) is 10.9. The fourth-order valence-electron chi connectivity index (χ4n) is 4.36. The van der Waals surface area contributed by atoms with Crippen LogP contribution in [0.25, 0.3) is 0 Å². The lowest BCUT2D eigenvalue weighted by Crippen LogP contribution is -2.48.